The molecule has 1 heterocycles. The lowest BCUT2D eigenvalue weighted by molar-refractivity contribution is 0.269. The fourth-order valence-corrected chi connectivity index (χ4v) is 3.19. The van der Waals surface area contributed by atoms with Gasteiger partial charge in [-0.25, -0.2) is 0 Å². The summed E-state index contributed by atoms with van der Waals surface area (Å²) in [4.78, 5) is 2.65. The van der Waals surface area contributed by atoms with E-state index in [0.717, 1.165) is 11.8 Å². The molecule has 114 valence electrons. The summed E-state index contributed by atoms with van der Waals surface area (Å²) in [6.07, 6.45) is 8.32. The van der Waals surface area contributed by atoms with Crippen LogP contribution in [0.4, 0.5) is 0 Å². The summed E-state index contributed by atoms with van der Waals surface area (Å²) >= 11 is 0. The van der Waals surface area contributed by atoms with E-state index in [4.69, 9.17) is 0 Å². The van der Waals surface area contributed by atoms with Crippen molar-refractivity contribution in [3.8, 4) is 0 Å². The number of nitrogens with one attached hydrogen (secondary N) is 1. The van der Waals surface area contributed by atoms with Crippen molar-refractivity contribution in [3.63, 3.8) is 0 Å². The van der Waals surface area contributed by atoms with E-state index < -0.39 is 0 Å². The first kappa shape index (κ1) is 17.0. The highest BCUT2D eigenvalue weighted by molar-refractivity contribution is 4.72. The van der Waals surface area contributed by atoms with E-state index in [0.29, 0.717) is 6.04 Å². The van der Waals surface area contributed by atoms with Gasteiger partial charge in [0.1, 0.15) is 0 Å². The van der Waals surface area contributed by atoms with E-state index >= 15 is 0 Å². The van der Waals surface area contributed by atoms with E-state index in [1.165, 1.54) is 64.7 Å². The SMILES string of the molecule is CC(C)CC(CC(C)C)NCCN1CCCCCC1. The molecule has 2 heteroatoms. The van der Waals surface area contributed by atoms with Crippen molar-refractivity contribution in [3.05, 3.63) is 0 Å². The summed E-state index contributed by atoms with van der Waals surface area (Å²) < 4.78 is 0. The lowest BCUT2D eigenvalue weighted by Crippen LogP contribution is -2.38. The van der Waals surface area contributed by atoms with Crippen molar-refractivity contribution in [2.75, 3.05) is 26.2 Å². The topological polar surface area (TPSA) is 15.3 Å². The highest BCUT2D eigenvalue weighted by atomic mass is 15.1. The average molecular weight is 268 g/mol. The molecule has 0 aromatic carbocycles. The van der Waals surface area contributed by atoms with Gasteiger partial charge in [0.2, 0.25) is 0 Å². The zero-order chi connectivity index (χ0) is 14.1. The third-order valence-electron chi connectivity index (χ3n) is 4.07. The molecule has 0 spiro atoms. The molecule has 0 aliphatic carbocycles. The maximum Gasteiger partial charge on any atom is 0.0107 e. The van der Waals surface area contributed by atoms with Crippen molar-refractivity contribution >= 4 is 0 Å². The molecule has 1 saturated heterocycles. The highest BCUT2D eigenvalue weighted by Crippen LogP contribution is 2.13. The van der Waals surface area contributed by atoms with Gasteiger partial charge in [0.05, 0.1) is 0 Å². The van der Waals surface area contributed by atoms with E-state index in [2.05, 4.69) is 37.9 Å². The highest BCUT2D eigenvalue weighted by Gasteiger charge is 2.13. The van der Waals surface area contributed by atoms with Crippen LogP contribution in [0.1, 0.15) is 66.2 Å². The normalized spacial score (nSPS) is 18.5. The zero-order valence-corrected chi connectivity index (χ0v) is 13.8. The minimum Gasteiger partial charge on any atom is -0.313 e. The van der Waals surface area contributed by atoms with Gasteiger partial charge in [0.25, 0.3) is 0 Å². The second kappa shape index (κ2) is 9.77. The zero-order valence-electron chi connectivity index (χ0n) is 13.8. The maximum absolute atomic E-state index is 3.81. The van der Waals surface area contributed by atoms with Gasteiger partial charge in [-0.2, -0.15) is 0 Å². The van der Waals surface area contributed by atoms with Crippen LogP contribution in [0.2, 0.25) is 0 Å². The number of hydrogen-bond acceptors (Lipinski definition) is 2. The Bertz CT molecular complexity index is 195. The van der Waals surface area contributed by atoms with Crippen LogP contribution in [0.25, 0.3) is 0 Å². The van der Waals surface area contributed by atoms with Gasteiger partial charge < -0.3 is 10.2 Å². The lowest BCUT2D eigenvalue weighted by atomic mass is 9.95. The van der Waals surface area contributed by atoms with Crippen molar-refractivity contribution in [1.82, 2.24) is 10.2 Å². The minimum absolute atomic E-state index is 0.715. The standard InChI is InChI=1S/C17H36N2/c1-15(2)13-17(14-16(3)4)18-9-12-19-10-7-5-6-8-11-19/h15-18H,5-14H2,1-4H3. The Morgan fingerprint density at radius 3 is 1.84 bits per heavy atom. The van der Waals surface area contributed by atoms with Crippen LogP contribution in [0.15, 0.2) is 0 Å². The second-order valence-electron chi connectivity index (χ2n) is 7.17. The molecule has 1 rings (SSSR count). The van der Waals surface area contributed by atoms with Crippen molar-refractivity contribution in [1.29, 1.82) is 0 Å². The molecule has 0 aromatic heterocycles. The molecule has 0 atom stereocenters. The van der Waals surface area contributed by atoms with Gasteiger partial charge in [-0.3, -0.25) is 0 Å². The Hall–Kier alpha value is -0.0800. The maximum atomic E-state index is 3.81. The molecule has 0 unspecified atom stereocenters. The van der Waals surface area contributed by atoms with E-state index in [-0.39, 0.29) is 0 Å². The fourth-order valence-electron chi connectivity index (χ4n) is 3.19. The van der Waals surface area contributed by atoms with Gasteiger partial charge in [-0.1, -0.05) is 40.5 Å². The Morgan fingerprint density at radius 2 is 1.37 bits per heavy atom. The first-order chi connectivity index (χ1) is 9.08. The van der Waals surface area contributed by atoms with Crippen molar-refractivity contribution < 1.29 is 0 Å². The van der Waals surface area contributed by atoms with Crippen LogP contribution in [-0.2, 0) is 0 Å². The molecule has 1 aliphatic rings. The first-order valence-electron chi connectivity index (χ1n) is 8.53. The van der Waals surface area contributed by atoms with Crippen molar-refractivity contribution in [2.45, 2.75) is 72.3 Å². The Morgan fingerprint density at radius 1 is 0.842 bits per heavy atom. The molecular formula is C17H36N2. The van der Waals surface area contributed by atoms with Crippen molar-refractivity contribution in [2.24, 2.45) is 11.8 Å². The molecule has 0 aromatic rings. The predicted octanol–water partition coefficient (Wildman–Crippen LogP) is 3.91. The Kier molecular flexibility index (Phi) is 8.72. The quantitative estimate of drug-likeness (QED) is 0.718. The summed E-state index contributed by atoms with van der Waals surface area (Å²) in [7, 11) is 0. The van der Waals surface area contributed by atoms with Crippen LogP contribution in [0.5, 0.6) is 0 Å². The fraction of sp³-hybridized carbons (Fsp3) is 1.00. The monoisotopic (exact) mass is 268 g/mol. The molecule has 1 aliphatic heterocycles. The molecule has 0 amide bonds. The lowest BCUT2D eigenvalue weighted by Gasteiger charge is -2.25. The minimum atomic E-state index is 0.715. The second-order valence-corrected chi connectivity index (χ2v) is 7.17. The summed E-state index contributed by atoms with van der Waals surface area (Å²) in [6.45, 7) is 14.4. The number of nitrogens with zero attached hydrogens (tertiary/aromatic N) is 1. The molecule has 0 saturated carbocycles. The summed E-state index contributed by atoms with van der Waals surface area (Å²) in [5.41, 5.74) is 0. The summed E-state index contributed by atoms with van der Waals surface area (Å²) in [5.74, 6) is 1.60. The van der Waals surface area contributed by atoms with E-state index in [1.54, 1.807) is 0 Å². The van der Waals surface area contributed by atoms with Crippen LogP contribution in [0, 0.1) is 11.8 Å². The Labute approximate surface area is 121 Å². The predicted molar refractivity (Wildman–Crippen MR) is 85.6 cm³/mol. The summed E-state index contributed by atoms with van der Waals surface area (Å²) in [6, 6.07) is 0.715. The van der Waals surface area contributed by atoms with Crippen LogP contribution >= 0.6 is 0 Å². The van der Waals surface area contributed by atoms with E-state index in [1.807, 2.05) is 0 Å². The van der Waals surface area contributed by atoms with Gasteiger partial charge >= 0.3 is 0 Å². The third-order valence-corrected chi connectivity index (χ3v) is 4.07. The van der Waals surface area contributed by atoms with E-state index in [9.17, 15) is 0 Å². The van der Waals surface area contributed by atoms with Gasteiger partial charge in [0, 0.05) is 19.1 Å². The number of hydrogen-bond donors (Lipinski definition) is 1. The molecule has 1 fully saturated rings. The molecular weight excluding hydrogens is 232 g/mol. The number of rotatable bonds is 8. The smallest absolute Gasteiger partial charge is 0.0107 e. The largest absolute Gasteiger partial charge is 0.313 e. The van der Waals surface area contributed by atoms with Gasteiger partial charge in [-0.05, 0) is 50.6 Å². The molecule has 19 heavy (non-hydrogen) atoms. The van der Waals surface area contributed by atoms with Crippen LogP contribution in [-0.4, -0.2) is 37.1 Å². The Balaban J connectivity index is 2.21. The summed E-state index contributed by atoms with van der Waals surface area (Å²) in [5, 5.41) is 3.81. The third kappa shape index (κ3) is 8.65. The molecule has 0 radical (unpaired) electrons. The molecule has 2 nitrogen and oxygen atoms in total. The number of likely N-dealkylation sites (tertiary alicyclic amines) is 1. The molecule has 1 N–H and O–H groups in total. The molecule has 0 bridgehead atoms. The van der Waals surface area contributed by atoms with Crippen LogP contribution < -0.4 is 5.32 Å². The van der Waals surface area contributed by atoms with Gasteiger partial charge in [-0.15, -0.1) is 0 Å². The average Bonchev–Trinajstić information content (AvgIpc) is 2.55. The first-order valence-corrected chi connectivity index (χ1v) is 8.53. The van der Waals surface area contributed by atoms with Gasteiger partial charge in [0.15, 0.2) is 0 Å². The van der Waals surface area contributed by atoms with Crippen LogP contribution in [0.3, 0.4) is 0 Å².